The largest absolute Gasteiger partial charge is 0.302 e. The highest BCUT2D eigenvalue weighted by Crippen LogP contribution is 2.31. The van der Waals surface area contributed by atoms with Crippen molar-refractivity contribution in [3.05, 3.63) is 11.0 Å². The Bertz CT molecular complexity index is 140. The first-order valence-corrected chi connectivity index (χ1v) is 5.98. The van der Waals surface area contributed by atoms with Crippen LogP contribution in [-0.4, -0.2) is 37.5 Å². The average molecular weight is 159 g/mol. The molecule has 0 aromatic rings. The highest BCUT2D eigenvalue weighted by molar-refractivity contribution is 8.19. The Labute approximate surface area is 66.4 Å². The molecule has 1 aliphatic heterocycles. The first kappa shape index (κ1) is 8.15. The molecule has 0 fully saturated rings. The summed E-state index contributed by atoms with van der Waals surface area (Å²) in [5, 5.41) is 0. The van der Waals surface area contributed by atoms with Crippen LogP contribution in [0.4, 0.5) is 0 Å². The first-order chi connectivity index (χ1) is 4.70. The third-order valence-electron chi connectivity index (χ3n) is 1.96. The molecule has 1 heterocycles. The molecule has 0 aromatic heterocycles. The average Bonchev–Trinajstić information content (AvgIpc) is 1.88. The fourth-order valence-electron chi connectivity index (χ4n) is 1.17. The second kappa shape index (κ2) is 3.44. The van der Waals surface area contributed by atoms with Gasteiger partial charge in [0.1, 0.15) is 0 Å². The molecule has 0 saturated heterocycles. The Morgan fingerprint density at radius 2 is 2.20 bits per heavy atom. The smallest absolute Gasteiger partial charge is 0.0170 e. The number of thiol groups is 1. The van der Waals surface area contributed by atoms with E-state index in [2.05, 4.69) is 30.5 Å². The van der Waals surface area contributed by atoms with E-state index >= 15 is 0 Å². The third kappa shape index (κ3) is 2.03. The SMILES string of the molecule is CN1CC=C([SH](C)C)CC1. The van der Waals surface area contributed by atoms with Crippen LogP contribution in [0.25, 0.3) is 0 Å². The van der Waals surface area contributed by atoms with Gasteiger partial charge in [0.25, 0.3) is 0 Å². The predicted octanol–water partition coefficient (Wildman–Crippen LogP) is 1.47. The van der Waals surface area contributed by atoms with Gasteiger partial charge in [-0.3, -0.25) is 0 Å². The number of nitrogens with zero attached hydrogens (tertiary/aromatic N) is 1. The van der Waals surface area contributed by atoms with Crippen LogP contribution < -0.4 is 0 Å². The van der Waals surface area contributed by atoms with E-state index in [9.17, 15) is 0 Å². The van der Waals surface area contributed by atoms with Gasteiger partial charge in [0.15, 0.2) is 0 Å². The van der Waals surface area contributed by atoms with E-state index in [0.717, 1.165) is 6.54 Å². The lowest BCUT2D eigenvalue weighted by Gasteiger charge is -2.25. The quantitative estimate of drug-likeness (QED) is 0.567. The van der Waals surface area contributed by atoms with Gasteiger partial charge >= 0.3 is 0 Å². The maximum atomic E-state index is 2.40. The molecule has 0 aliphatic carbocycles. The van der Waals surface area contributed by atoms with Crippen LogP contribution in [0.1, 0.15) is 6.42 Å². The lowest BCUT2D eigenvalue weighted by molar-refractivity contribution is 0.364. The lowest BCUT2D eigenvalue weighted by atomic mass is 10.3. The molecule has 2 heteroatoms. The third-order valence-corrected chi connectivity index (χ3v) is 3.52. The first-order valence-electron chi connectivity index (χ1n) is 3.75. The Balaban J connectivity index is 2.48. The van der Waals surface area contributed by atoms with Crippen molar-refractivity contribution in [1.29, 1.82) is 0 Å². The molecule has 60 valence electrons. The monoisotopic (exact) mass is 159 g/mol. The minimum Gasteiger partial charge on any atom is -0.302 e. The van der Waals surface area contributed by atoms with Crippen LogP contribution >= 0.6 is 10.9 Å². The Kier molecular flexibility index (Phi) is 2.81. The Hall–Kier alpha value is 0.0500. The molecule has 0 atom stereocenters. The van der Waals surface area contributed by atoms with E-state index in [-0.39, 0.29) is 10.9 Å². The number of hydrogen-bond acceptors (Lipinski definition) is 1. The van der Waals surface area contributed by atoms with E-state index in [1.165, 1.54) is 13.0 Å². The van der Waals surface area contributed by atoms with E-state index in [1.54, 1.807) is 4.91 Å². The van der Waals surface area contributed by atoms with Gasteiger partial charge in [-0.15, -0.1) is 0 Å². The number of likely N-dealkylation sites (N-methyl/N-ethyl adjacent to an activating group) is 1. The van der Waals surface area contributed by atoms with Crippen LogP contribution in [0, 0.1) is 0 Å². The molecule has 0 saturated carbocycles. The van der Waals surface area contributed by atoms with Crippen LogP contribution in [0.5, 0.6) is 0 Å². The highest BCUT2D eigenvalue weighted by Gasteiger charge is 2.07. The molecule has 10 heavy (non-hydrogen) atoms. The van der Waals surface area contributed by atoms with E-state index < -0.39 is 0 Å². The van der Waals surface area contributed by atoms with Gasteiger partial charge in [0.2, 0.25) is 0 Å². The topological polar surface area (TPSA) is 3.24 Å². The standard InChI is InChI=1S/C8H17NS/c1-9-6-4-8(5-7-9)10(2)3/h4,10H,5-7H2,1-3H3. The van der Waals surface area contributed by atoms with Crippen LogP contribution in [-0.2, 0) is 0 Å². The minimum absolute atomic E-state index is 0.197. The minimum atomic E-state index is 0.197. The molecule has 0 N–H and O–H groups in total. The normalized spacial score (nSPS) is 22.3. The molecular formula is C8H17NS. The van der Waals surface area contributed by atoms with Gasteiger partial charge < -0.3 is 4.90 Å². The molecule has 0 radical (unpaired) electrons. The number of hydrogen-bond donors (Lipinski definition) is 1. The van der Waals surface area contributed by atoms with E-state index in [4.69, 9.17) is 0 Å². The molecule has 1 aliphatic rings. The van der Waals surface area contributed by atoms with Crippen molar-refractivity contribution < 1.29 is 0 Å². The zero-order chi connectivity index (χ0) is 7.56. The van der Waals surface area contributed by atoms with E-state index in [1.807, 2.05) is 0 Å². The van der Waals surface area contributed by atoms with Gasteiger partial charge in [0.05, 0.1) is 0 Å². The van der Waals surface area contributed by atoms with Gasteiger partial charge in [-0.05, 0) is 30.9 Å². The maximum Gasteiger partial charge on any atom is 0.0170 e. The van der Waals surface area contributed by atoms with Crippen LogP contribution in [0.15, 0.2) is 11.0 Å². The van der Waals surface area contributed by atoms with Crippen molar-refractivity contribution in [1.82, 2.24) is 4.90 Å². The summed E-state index contributed by atoms with van der Waals surface area (Å²) in [6, 6.07) is 0. The molecule has 0 aromatic carbocycles. The van der Waals surface area contributed by atoms with Gasteiger partial charge in [-0.25, -0.2) is 10.9 Å². The highest BCUT2D eigenvalue weighted by atomic mass is 32.2. The van der Waals surface area contributed by atoms with Crippen molar-refractivity contribution in [3.63, 3.8) is 0 Å². The van der Waals surface area contributed by atoms with Crippen LogP contribution in [0.2, 0.25) is 0 Å². The Morgan fingerprint density at radius 3 is 2.60 bits per heavy atom. The second-order valence-electron chi connectivity index (χ2n) is 3.10. The summed E-state index contributed by atoms with van der Waals surface area (Å²) in [6.07, 6.45) is 8.38. The van der Waals surface area contributed by atoms with Crippen molar-refractivity contribution >= 4 is 10.9 Å². The molecule has 0 spiro atoms. The Morgan fingerprint density at radius 1 is 1.50 bits per heavy atom. The van der Waals surface area contributed by atoms with E-state index in [0.29, 0.717) is 0 Å². The van der Waals surface area contributed by atoms with Crippen molar-refractivity contribution in [2.24, 2.45) is 0 Å². The number of rotatable bonds is 1. The molecular weight excluding hydrogens is 142 g/mol. The van der Waals surface area contributed by atoms with Gasteiger partial charge in [-0.2, -0.15) is 0 Å². The summed E-state index contributed by atoms with van der Waals surface area (Å²) in [5.74, 6) is 0. The zero-order valence-electron chi connectivity index (χ0n) is 7.09. The second-order valence-corrected chi connectivity index (χ2v) is 5.47. The molecule has 0 bridgehead atoms. The zero-order valence-corrected chi connectivity index (χ0v) is 7.99. The summed E-state index contributed by atoms with van der Waals surface area (Å²) in [6.45, 7) is 2.42. The van der Waals surface area contributed by atoms with Gasteiger partial charge in [-0.1, -0.05) is 6.08 Å². The van der Waals surface area contributed by atoms with Crippen LogP contribution in [0.3, 0.4) is 0 Å². The summed E-state index contributed by atoms with van der Waals surface area (Å²) in [7, 11) is 2.38. The predicted molar refractivity (Wildman–Crippen MR) is 51.0 cm³/mol. The lowest BCUT2D eigenvalue weighted by Crippen LogP contribution is -2.23. The van der Waals surface area contributed by atoms with Gasteiger partial charge in [0, 0.05) is 13.1 Å². The van der Waals surface area contributed by atoms with Crippen molar-refractivity contribution in [2.45, 2.75) is 6.42 Å². The summed E-state index contributed by atoms with van der Waals surface area (Å²) in [5.41, 5.74) is 0. The van der Waals surface area contributed by atoms with Crippen molar-refractivity contribution in [2.75, 3.05) is 32.6 Å². The maximum absolute atomic E-state index is 2.40. The molecule has 1 nitrogen and oxygen atoms in total. The molecule has 1 rings (SSSR count). The fraction of sp³-hybridized carbons (Fsp3) is 0.750. The fourth-order valence-corrected chi connectivity index (χ4v) is 2.16. The van der Waals surface area contributed by atoms with Crippen molar-refractivity contribution in [3.8, 4) is 0 Å². The summed E-state index contributed by atoms with van der Waals surface area (Å²) in [4.78, 5) is 4.07. The molecule has 0 unspecified atom stereocenters. The molecule has 0 amide bonds. The summed E-state index contributed by atoms with van der Waals surface area (Å²) < 4.78 is 0. The summed E-state index contributed by atoms with van der Waals surface area (Å²) >= 11 is 0.